The topological polar surface area (TPSA) is 121 Å². The van der Waals surface area contributed by atoms with E-state index in [-0.39, 0.29) is 29.7 Å². The van der Waals surface area contributed by atoms with Crippen molar-refractivity contribution in [1.29, 1.82) is 0 Å². The Morgan fingerprint density at radius 2 is 2.03 bits per heavy atom. The predicted octanol–water partition coefficient (Wildman–Crippen LogP) is 2.62. The van der Waals surface area contributed by atoms with Crippen LogP contribution in [0.15, 0.2) is 48.7 Å². The van der Waals surface area contributed by atoms with Crippen LogP contribution in [0.5, 0.6) is 0 Å². The highest BCUT2D eigenvalue weighted by molar-refractivity contribution is 5.89. The molecule has 3 aromatic rings. The Morgan fingerprint density at radius 3 is 2.88 bits per heavy atom. The molecule has 34 heavy (non-hydrogen) atoms. The number of amides is 1. The number of carbonyl (C=O) groups is 1. The average molecular weight is 460 g/mol. The largest absolute Gasteiger partial charge is 0.379 e. The van der Waals surface area contributed by atoms with Gasteiger partial charge in [0.2, 0.25) is 11.9 Å². The highest BCUT2D eigenvalue weighted by atomic mass is 16.5. The van der Waals surface area contributed by atoms with Gasteiger partial charge in [0, 0.05) is 37.6 Å². The van der Waals surface area contributed by atoms with Crippen LogP contribution < -0.4 is 16.4 Å². The van der Waals surface area contributed by atoms with Crippen molar-refractivity contribution in [1.82, 2.24) is 19.9 Å². The molecule has 2 aliphatic carbocycles. The number of anilines is 3. The Hall–Kier alpha value is -3.43. The first-order valence-corrected chi connectivity index (χ1v) is 11.9. The van der Waals surface area contributed by atoms with Gasteiger partial charge < -0.3 is 26.1 Å². The number of allylic oxidation sites excluding steroid dienone is 1. The lowest BCUT2D eigenvalue weighted by Gasteiger charge is -2.27. The molecular formula is C25H29N7O2. The van der Waals surface area contributed by atoms with Crippen LogP contribution in [0.1, 0.15) is 12.0 Å². The van der Waals surface area contributed by atoms with Gasteiger partial charge >= 0.3 is 0 Å². The smallest absolute Gasteiger partial charge is 0.231 e. The molecule has 6 rings (SSSR count). The van der Waals surface area contributed by atoms with Crippen molar-refractivity contribution in [3.8, 4) is 0 Å². The van der Waals surface area contributed by atoms with E-state index < -0.39 is 0 Å². The molecule has 2 unspecified atom stereocenters. The van der Waals surface area contributed by atoms with Crippen LogP contribution in [0.4, 0.5) is 17.5 Å². The van der Waals surface area contributed by atoms with Gasteiger partial charge in [-0.15, -0.1) is 0 Å². The lowest BCUT2D eigenvalue weighted by atomic mass is 9.88. The van der Waals surface area contributed by atoms with E-state index in [9.17, 15) is 4.79 Å². The number of aromatic amines is 1. The summed E-state index contributed by atoms with van der Waals surface area (Å²) < 4.78 is 5.45. The van der Waals surface area contributed by atoms with Crippen molar-refractivity contribution < 1.29 is 9.53 Å². The van der Waals surface area contributed by atoms with Crippen LogP contribution in [0.3, 0.4) is 0 Å². The fraction of sp³-hybridized carbons (Fsp3) is 0.400. The van der Waals surface area contributed by atoms with Crippen molar-refractivity contribution in [3.05, 3.63) is 54.2 Å². The van der Waals surface area contributed by atoms with E-state index in [1.165, 1.54) is 5.56 Å². The van der Waals surface area contributed by atoms with Crippen LogP contribution in [0.25, 0.3) is 11.0 Å². The number of rotatable bonds is 7. The second-order valence-electron chi connectivity index (χ2n) is 9.40. The maximum absolute atomic E-state index is 12.2. The summed E-state index contributed by atoms with van der Waals surface area (Å²) in [5, 5.41) is 7.80. The van der Waals surface area contributed by atoms with Gasteiger partial charge in [0.1, 0.15) is 11.5 Å². The number of fused-ring (bicyclic) bond motifs is 3. The summed E-state index contributed by atoms with van der Waals surface area (Å²) in [5.41, 5.74) is 8.65. The fourth-order valence-corrected chi connectivity index (χ4v) is 5.57. The highest BCUT2D eigenvalue weighted by Crippen LogP contribution is 2.45. The zero-order valence-electron chi connectivity index (χ0n) is 18.9. The molecular weight excluding hydrogens is 430 g/mol. The number of hydrogen-bond donors (Lipinski definition) is 4. The van der Waals surface area contributed by atoms with Crippen LogP contribution in [-0.4, -0.2) is 58.1 Å². The first-order chi connectivity index (χ1) is 16.6. The van der Waals surface area contributed by atoms with E-state index in [1.54, 1.807) is 0 Å². The Balaban J connectivity index is 1.24. The molecule has 2 fully saturated rings. The number of aromatic nitrogens is 3. The van der Waals surface area contributed by atoms with Crippen molar-refractivity contribution >= 4 is 34.4 Å². The minimum absolute atomic E-state index is 0.0646. The SMILES string of the molecule is NC(=O)C1C(Nc2nc(Nc3cccc(CN4CCOCC4)c3)nc3[nH]ccc23)[C@H]2C=C[C@@H]1C2. The number of benzene rings is 1. The fourth-order valence-electron chi connectivity index (χ4n) is 5.57. The van der Waals surface area contributed by atoms with E-state index in [0.717, 1.165) is 56.0 Å². The molecule has 5 N–H and O–H groups in total. The molecule has 3 heterocycles. The molecule has 0 radical (unpaired) electrons. The zero-order valence-corrected chi connectivity index (χ0v) is 18.9. The normalized spacial score (nSPS) is 26.2. The summed E-state index contributed by atoms with van der Waals surface area (Å²) in [6.07, 6.45) is 7.12. The first-order valence-electron chi connectivity index (χ1n) is 11.9. The second kappa shape index (κ2) is 8.73. The summed E-state index contributed by atoms with van der Waals surface area (Å²) in [5.74, 6) is 1.19. The number of morpholine rings is 1. The number of nitrogens with one attached hydrogen (secondary N) is 3. The molecule has 176 valence electrons. The number of nitrogens with two attached hydrogens (primary N) is 1. The van der Waals surface area contributed by atoms with E-state index in [2.05, 4.69) is 49.8 Å². The molecule has 4 atom stereocenters. The third-order valence-electron chi connectivity index (χ3n) is 7.20. The maximum Gasteiger partial charge on any atom is 0.231 e. The Morgan fingerprint density at radius 1 is 1.18 bits per heavy atom. The van der Waals surface area contributed by atoms with Crippen LogP contribution >= 0.6 is 0 Å². The molecule has 2 bridgehead atoms. The van der Waals surface area contributed by atoms with Crippen molar-refractivity contribution in [2.45, 2.75) is 19.0 Å². The minimum Gasteiger partial charge on any atom is -0.379 e. The van der Waals surface area contributed by atoms with Gasteiger partial charge in [-0.3, -0.25) is 9.69 Å². The Labute approximate surface area is 197 Å². The Bertz CT molecular complexity index is 1230. The van der Waals surface area contributed by atoms with Crippen LogP contribution in [0.2, 0.25) is 0 Å². The number of H-pyrrole nitrogens is 1. The van der Waals surface area contributed by atoms with Gasteiger partial charge in [0.15, 0.2) is 0 Å². The van der Waals surface area contributed by atoms with Gasteiger partial charge in [-0.1, -0.05) is 24.3 Å². The minimum atomic E-state index is -0.260. The van der Waals surface area contributed by atoms with Gasteiger partial charge in [-0.25, -0.2) is 0 Å². The number of ether oxygens (including phenoxy) is 1. The van der Waals surface area contributed by atoms with Crippen molar-refractivity contribution in [2.24, 2.45) is 23.5 Å². The second-order valence-corrected chi connectivity index (χ2v) is 9.40. The Kier molecular flexibility index (Phi) is 5.43. The van der Waals surface area contributed by atoms with Gasteiger partial charge in [-0.2, -0.15) is 9.97 Å². The van der Waals surface area contributed by atoms with E-state index in [1.807, 2.05) is 24.4 Å². The molecule has 3 aliphatic rings. The van der Waals surface area contributed by atoms with Gasteiger partial charge in [0.25, 0.3) is 0 Å². The van der Waals surface area contributed by atoms with Crippen molar-refractivity contribution in [2.75, 3.05) is 36.9 Å². The quantitative estimate of drug-likeness (QED) is 0.401. The summed E-state index contributed by atoms with van der Waals surface area (Å²) in [6.45, 7) is 4.35. The van der Waals surface area contributed by atoms with E-state index in [4.69, 9.17) is 15.5 Å². The summed E-state index contributed by atoms with van der Waals surface area (Å²) >= 11 is 0. The van der Waals surface area contributed by atoms with E-state index >= 15 is 0 Å². The molecule has 1 saturated carbocycles. The molecule has 1 aromatic carbocycles. The molecule has 1 saturated heterocycles. The molecule has 1 aliphatic heterocycles. The monoisotopic (exact) mass is 459 g/mol. The summed E-state index contributed by atoms with van der Waals surface area (Å²) in [6, 6.07) is 10.2. The van der Waals surface area contributed by atoms with Gasteiger partial charge in [-0.05, 0) is 42.0 Å². The predicted molar refractivity (Wildman–Crippen MR) is 131 cm³/mol. The number of primary amides is 1. The van der Waals surface area contributed by atoms with Crippen LogP contribution in [0, 0.1) is 17.8 Å². The summed E-state index contributed by atoms with van der Waals surface area (Å²) in [4.78, 5) is 27.2. The standard InChI is InChI=1S/C25H29N7O2/c26-22(33)20-16-4-5-17(13-16)21(20)29-24-19-6-7-27-23(19)30-25(31-24)28-18-3-1-2-15(12-18)14-32-8-10-34-11-9-32/h1-7,12,16-17,20-21H,8-11,13-14H2,(H2,26,33)(H3,27,28,29,30,31)/t16-,17+,20?,21?/m1/s1. The molecule has 1 amide bonds. The first kappa shape index (κ1) is 21.1. The van der Waals surface area contributed by atoms with E-state index in [0.29, 0.717) is 11.8 Å². The van der Waals surface area contributed by atoms with Crippen molar-refractivity contribution in [3.63, 3.8) is 0 Å². The summed E-state index contributed by atoms with van der Waals surface area (Å²) in [7, 11) is 0. The third kappa shape index (κ3) is 4.01. The number of hydrogen-bond acceptors (Lipinski definition) is 7. The number of carbonyl (C=O) groups excluding carboxylic acids is 1. The lowest BCUT2D eigenvalue weighted by Crippen LogP contribution is -2.41. The lowest BCUT2D eigenvalue weighted by molar-refractivity contribution is -0.122. The van der Waals surface area contributed by atoms with Crippen LogP contribution in [-0.2, 0) is 16.1 Å². The maximum atomic E-state index is 12.2. The molecule has 2 aromatic heterocycles. The highest BCUT2D eigenvalue weighted by Gasteiger charge is 2.47. The average Bonchev–Trinajstić information content (AvgIpc) is 3.56. The third-order valence-corrected chi connectivity index (χ3v) is 7.20. The zero-order chi connectivity index (χ0) is 23.1. The number of nitrogens with zero attached hydrogens (tertiary/aromatic N) is 3. The molecule has 9 heteroatoms. The molecule has 9 nitrogen and oxygen atoms in total. The molecule has 0 spiro atoms. The van der Waals surface area contributed by atoms with Gasteiger partial charge in [0.05, 0.1) is 24.5 Å².